The smallest absolute Gasteiger partial charge is 0.251 e. The summed E-state index contributed by atoms with van der Waals surface area (Å²) in [5.41, 5.74) is 2.25. The second-order valence-corrected chi connectivity index (χ2v) is 5.83. The predicted molar refractivity (Wildman–Crippen MR) is 91.3 cm³/mol. The zero-order valence-electron chi connectivity index (χ0n) is 14.4. The summed E-state index contributed by atoms with van der Waals surface area (Å²) in [6, 6.07) is 10.5. The first-order valence-electron chi connectivity index (χ1n) is 8.03. The lowest BCUT2D eigenvalue weighted by Gasteiger charge is -2.12. The number of carbonyl (C=O) groups excluding carboxylic acids is 1. The minimum atomic E-state index is -0.214. The van der Waals surface area contributed by atoms with Crippen molar-refractivity contribution in [2.24, 2.45) is 0 Å². The van der Waals surface area contributed by atoms with Crippen molar-refractivity contribution in [3.05, 3.63) is 71.0 Å². The molecule has 1 atom stereocenters. The molecule has 0 aliphatic heterocycles. The maximum absolute atomic E-state index is 12.4. The number of aromatic nitrogens is 1. The Morgan fingerprint density at radius 2 is 2.12 bits per heavy atom. The SMILES string of the molecule is Cc1noc(C)c1COc1cccc(C(=O)N[C@@H](C)c2ccco2)c1. The van der Waals surface area contributed by atoms with Crippen LogP contribution in [0.1, 0.15) is 46.1 Å². The van der Waals surface area contributed by atoms with E-state index in [1.54, 1.807) is 30.5 Å². The summed E-state index contributed by atoms with van der Waals surface area (Å²) in [4.78, 5) is 12.4. The molecule has 2 heterocycles. The van der Waals surface area contributed by atoms with Gasteiger partial charge in [0.05, 0.1) is 23.6 Å². The fourth-order valence-corrected chi connectivity index (χ4v) is 2.48. The molecule has 25 heavy (non-hydrogen) atoms. The van der Waals surface area contributed by atoms with Crippen LogP contribution in [0, 0.1) is 13.8 Å². The van der Waals surface area contributed by atoms with Crippen LogP contribution in [-0.2, 0) is 6.61 Å². The Labute approximate surface area is 145 Å². The summed E-state index contributed by atoms with van der Waals surface area (Å²) in [6.07, 6.45) is 1.58. The van der Waals surface area contributed by atoms with E-state index in [1.165, 1.54) is 0 Å². The van der Waals surface area contributed by atoms with Gasteiger partial charge in [0, 0.05) is 5.56 Å². The molecule has 0 unspecified atom stereocenters. The molecule has 6 nitrogen and oxygen atoms in total. The van der Waals surface area contributed by atoms with Gasteiger partial charge >= 0.3 is 0 Å². The highest BCUT2D eigenvalue weighted by Crippen LogP contribution is 2.19. The van der Waals surface area contributed by atoms with Gasteiger partial charge in [0.25, 0.3) is 5.91 Å². The van der Waals surface area contributed by atoms with Gasteiger partial charge in [0.1, 0.15) is 23.9 Å². The number of hydrogen-bond acceptors (Lipinski definition) is 5. The molecule has 130 valence electrons. The first-order chi connectivity index (χ1) is 12.0. The van der Waals surface area contributed by atoms with E-state index in [4.69, 9.17) is 13.7 Å². The highest BCUT2D eigenvalue weighted by atomic mass is 16.5. The Hall–Kier alpha value is -3.02. The van der Waals surface area contributed by atoms with E-state index in [0.717, 1.165) is 17.0 Å². The second-order valence-electron chi connectivity index (χ2n) is 5.83. The molecule has 3 rings (SSSR count). The van der Waals surface area contributed by atoms with Crippen LogP contribution in [-0.4, -0.2) is 11.1 Å². The minimum Gasteiger partial charge on any atom is -0.489 e. The summed E-state index contributed by atoms with van der Waals surface area (Å²) >= 11 is 0. The van der Waals surface area contributed by atoms with Crippen LogP contribution in [0.4, 0.5) is 0 Å². The van der Waals surface area contributed by atoms with Crippen LogP contribution >= 0.6 is 0 Å². The van der Waals surface area contributed by atoms with Gasteiger partial charge < -0.3 is 19.0 Å². The van der Waals surface area contributed by atoms with E-state index >= 15 is 0 Å². The van der Waals surface area contributed by atoms with Crippen LogP contribution < -0.4 is 10.1 Å². The quantitative estimate of drug-likeness (QED) is 0.735. The molecule has 1 aromatic carbocycles. The Morgan fingerprint density at radius 3 is 2.80 bits per heavy atom. The number of ether oxygens (including phenoxy) is 1. The molecule has 0 radical (unpaired) electrons. The van der Waals surface area contributed by atoms with E-state index in [-0.39, 0.29) is 11.9 Å². The zero-order valence-corrected chi connectivity index (χ0v) is 14.4. The molecule has 0 bridgehead atoms. The van der Waals surface area contributed by atoms with Gasteiger partial charge in [-0.3, -0.25) is 4.79 Å². The maximum atomic E-state index is 12.4. The number of nitrogens with one attached hydrogen (secondary N) is 1. The van der Waals surface area contributed by atoms with Gasteiger partial charge in [0.15, 0.2) is 0 Å². The third kappa shape index (κ3) is 3.91. The standard InChI is InChI=1S/C19H20N2O4/c1-12-17(14(3)25-21-12)11-24-16-7-4-6-15(10-16)19(22)20-13(2)18-8-5-9-23-18/h4-10,13H,11H2,1-3H3,(H,20,22)/t13-/m0/s1. The van der Waals surface area contributed by atoms with Gasteiger partial charge in [-0.15, -0.1) is 0 Å². The highest BCUT2D eigenvalue weighted by Gasteiger charge is 2.14. The van der Waals surface area contributed by atoms with Crippen molar-refractivity contribution in [3.8, 4) is 5.75 Å². The fourth-order valence-electron chi connectivity index (χ4n) is 2.48. The summed E-state index contributed by atoms with van der Waals surface area (Å²) in [5, 5.41) is 6.80. The molecule has 0 aliphatic carbocycles. The average Bonchev–Trinajstić information content (AvgIpc) is 3.24. The highest BCUT2D eigenvalue weighted by molar-refractivity contribution is 5.94. The maximum Gasteiger partial charge on any atom is 0.251 e. The summed E-state index contributed by atoms with van der Waals surface area (Å²) in [5.74, 6) is 1.86. The van der Waals surface area contributed by atoms with Crippen molar-refractivity contribution in [3.63, 3.8) is 0 Å². The first-order valence-corrected chi connectivity index (χ1v) is 8.03. The fraction of sp³-hybridized carbons (Fsp3) is 0.263. The second kappa shape index (κ2) is 7.25. The van der Waals surface area contributed by atoms with Crippen LogP contribution in [0.25, 0.3) is 0 Å². The lowest BCUT2D eigenvalue weighted by Crippen LogP contribution is -2.26. The molecule has 0 spiro atoms. The molecule has 1 amide bonds. The van der Waals surface area contributed by atoms with E-state index in [1.807, 2.05) is 32.9 Å². The molecule has 2 aromatic heterocycles. The van der Waals surface area contributed by atoms with Gasteiger partial charge in [-0.05, 0) is 51.1 Å². The molecular formula is C19H20N2O4. The number of nitrogens with zero attached hydrogens (tertiary/aromatic N) is 1. The third-order valence-electron chi connectivity index (χ3n) is 3.98. The lowest BCUT2D eigenvalue weighted by atomic mass is 10.1. The normalized spacial score (nSPS) is 12.0. The van der Waals surface area contributed by atoms with Gasteiger partial charge in [-0.1, -0.05) is 11.2 Å². The number of benzene rings is 1. The third-order valence-corrected chi connectivity index (χ3v) is 3.98. The van der Waals surface area contributed by atoms with Gasteiger partial charge in [0.2, 0.25) is 0 Å². The average molecular weight is 340 g/mol. The minimum absolute atomic E-state index is 0.188. The van der Waals surface area contributed by atoms with Crippen LogP contribution in [0.5, 0.6) is 5.75 Å². The number of hydrogen-bond donors (Lipinski definition) is 1. The lowest BCUT2D eigenvalue weighted by molar-refractivity contribution is 0.0935. The molecule has 1 N–H and O–H groups in total. The number of carbonyl (C=O) groups is 1. The number of furan rings is 1. The van der Waals surface area contributed by atoms with Crippen molar-refractivity contribution in [2.45, 2.75) is 33.4 Å². The van der Waals surface area contributed by atoms with Crippen molar-refractivity contribution < 1.29 is 18.5 Å². The zero-order chi connectivity index (χ0) is 17.8. The number of rotatable bonds is 6. The predicted octanol–water partition coefficient (Wildman–Crippen LogP) is 3.95. The molecular weight excluding hydrogens is 320 g/mol. The molecule has 0 aliphatic rings. The van der Waals surface area contributed by atoms with Crippen LogP contribution in [0.15, 0.2) is 51.6 Å². The van der Waals surface area contributed by atoms with Crippen molar-refractivity contribution in [1.82, 2.24) is 10.5 Å². The summed E-state index contributed by atoms with van der Waals surface area (Å²) in [7, 11) is 0. The largest absolute Gasteiger partial charge is 0.489 e. The Kier molecular flexibility index (Phi) is 4.88. The Bertz CT molecular complexity index is 833. The van der Waals surface area contributed by atoms with E-state index in [0.29, 0.717) is 23.7 Å². The first kappa shape index (κ1) is 16.8. The molecule has 6 heteroatoms. The topological polar surface area (TPSA) is 77.5 Å². The van der Waals surface area contributed by atoms with Gasteiger partial charge in [-0.2, -0.15) is 0 Å². The molecule has 0 saturated carbocycles. The van der Waals surface area contributed by atoms with Crippen molar-refractivity contribution in [2.75, 3.05) is 0 Å². The summed E-state index contributed by atoms with van der Waals surface area (Å²) < 4.78 is 16.2. The Morgan fingerprint density at radius 1 is 1.28 bits per heavy atom. The van der Waals surface area contributed by atoms with E-state index in [9.17, 15) is 4.79 Å². The summed E-state index contributed by atoms with van der Waals surface area (Å²) in [6.45, 7) is 5.93. The monoisotopic (exact) mass is 340 g/mol. The Balaban J connectivity index is 1.65. The van der Waals surface area contributed by atoms with E-state index < -0.39 is 0 Å². The van der Waals surface area contributed by atoms with Gasteiger partial charge in [-0.25, -0.2) is 0 Å². The molecule has 3 aromatic rings. The van der Waals surface area contributed by atoms with Crippen LogP contribution in [0.2, 0.25) is 0 Å². The number of aryl methyl sites for hydroxylation is 2. The van der Waals surface area contributed by atoms with Crippen LogP contribution in [0.3, 0.4) is 0 Å². The van der Waals surface area contributed by atoms with E-state index in [2.05, 4.69) is 10.5 Å². The molecule has 0 fully saturated rings. The number of amides is 1. The van der Waals surface area contributed by atoms with Crippen molar-refractivity contribution in [1.29, 1.82) is 0 Å². The molecule has 0 saturated heterocycles. The van der Waals surface area contributed by atoms with Crippen molar-refractivity contribution >= 4 is 5.91 Å².